The van der Waals surface area contributed by atoms with Crippen LogP contribution in [0.25, 0.3) is 0 Å². The zero-order valence-electron chi connectivity index (χ0n) is 8.13. The lowest BCUT2D eigenvalue weighted by atomic mass is 10.0. The first-order valence-electron chi connectivity index (χ1n) is 4.54. The van der Waals surface area contributed by atoms with Gasteiger partial charge in [-0.05, 0) is 12.5 Å². The molecule has 0 heterocycles. The van der Waals surface area contributed by atoms with Crippen molar-refractivity contribution in [2.24, 2.45) is 5.84 Å². The molecule has 1 unspecified atom stereocenters. The highest BCUT2D eigenvalue weighted by atomic mass is 19.2. The minimum atomic E-state index is -0.881. The molecule has 15 heavy (non-hydrogen) atoms. The van der Waals surface area contributed by atoms with Crippen molar-refractivity contribution in [1.82, 2.24) is 5.43 Å². The summed E-state index contributed by atoms with van der Waals surface area (Å²) in [5.74, 6) is 5.92. The zero-order valence-corrected chi connectivity index (χ0v) is 8.13. The van der Waals surface area contributed by atoms with E-state index in [4.69, 9.17) is 12.3 Å². The Balaban J connectivity index is 2.92. The standard InChI is InChI=1S/C11H12F2N2/c1-2-3-7-10(15-14)8-5-4-6-9(12)11(8)13/h1,4-6,10,15H,3,7,14H2. The van der Waals surface area contributed by atoms with Gasteiger partial charge < -0.3 is 0 Å². The SMILES string of the molecule is C#CCCC(NN)c1cccc(F)c1F. The monoisotopic (exact) mass is 210 g/mol. The number of hydrazine groups is 1. The van der Waals surface area contributed by atoms with Crippen molar-refractivity contribution in [3.63, 3.8) is 0 Å². The summed E-state index contributed by atoms with van der Waals surface area (Å²) in [5, 5.41) is 0. The molecule has 1 aromatic carbocycles. The molecule has 0 amide bonds. The van der Waals surface area contributed by atoms with Gasteiger partial charge in [0.25, 0.3) is 0 Å². The molecule has 0 fully saturated rings. The van der Waals surface area contributed by atoms with E-state index in [9.17, 15) is 8.78 Å². The number of hydrogen-bond acceptors (Lipinski definition) is 2. The molecule has 0 aliphatic rings. The Labute approximate surface area is 87.4 Å². The third-order valence-corrected chi connectivity index (χ3v) is 2.14. The van der Waals surface area contributed by atoms with Gasteiger partial charge in [-0.2, -0.15) is 0 Å². The Morgan fingerprint density at radius 2 is 2.20 bits per heavy atom. The summed E-state index contributed by atoms with van der Waals surface area (Å²) in [5.41, 5.74) is 2.62. The maximum absolute atomic E-state index is 13.3. The second-order valence-corrected chi connectivity index (χ2v) is 3.11. The number of halogens is 2. The molecule has 0 aliphatic heterocycles. The first-order valence-corrected chi connectivity index (χ1v) is 4.54. The second kappa shape index (κ2) is 5.44. The van der Waals surface area contributed by atoms with E-state index in [1.165, 1.54) is 12.1 Å². The van der Waals surface area contributed by atoms with Crippen molar-refractivity contribution in [3.05, 3.63) is 35.4 Å². The smallest absolute Gasteiger partial charge is 0.163 e. The fraction of sp³-hybridized carbons (Fsp3) is 0.273. The van der Waals surface area contributed by atoms with E-state index in [0.717, 1.165) is 6.07 Å². The molecule has 0 saturated carbocycles. The summed E-state index contributed by atoms with van der Waals surface area (Å²) < 4.78 is 26.3. The van der Waals surface area contributed by atoms with Crippen LogP contribution in [0.4, 0.5) is 8.78 Å². The molecular formula is C11H12F2N2. The van der Waals surface area contributed by atoms with Crippen LogP contribution in [0.5, 0.6) is 0 Å². The molecular weight excluding hydrogens is 198 g/mol. The van der Waals surface area contributed by atoms with Gasteiger partial charge >= 0.3 is 0 Å². The Morgan fingerprint density at radius 3 is 2.80 bits per heavy atom. The molecule has 0 saturated heterocycles. The minimum Gasteiger partial charge on any atom is -0.271 e. The number of nitrogens with one attached hydrogen (secondary N) is 1. The van der Waals surface area contributed by atoms with Crippen LogP contribution in [0.3, 0.4) is 0 Å². The van der Waals surface area contributed by atoms with E-state index < -0.39 is 17.7 Å². The van der Waals surface area contributed by atoms with Crippen LogP contribution < -0.4 is 11.3 Å². The van der Waals surface area contributed by atoms with Crippen LogP contribution in [0, 0.1) is 24.0 Å². The van der Waals surface area contributed by atoms with Gasteiger partial charge in [-0.25, -0.2) is 8.78 Å². The summed E-state index contributed by atoms with van der Waals surface area (Å²) in [7, 11) is 0. The lowest BCUT2D eigenvalue weighted by Gasteiger charge is -2.15. The highest BCUT2D eigenvalue weighted by Crippen LogP contribution is 2.22. The molecule has 0 aromatic heterocycles. The Bertz CT molecular complexity index is 371. The predicted molar refractivity (Wildman–Crippen MR) is 54.5 cm³/mol. The van der Waals surface area contributed by atoms with Gasteiger partial charge in [-0.1, -0.05) is 12.1 Å². The minimum absolute atomic E-state index is 0.202. The fourth-order valence-corrected chi connectivity index (χ4v) is 1.35. The van der Waals surface area contributed by atoms with Gasteiger partial charge in [-0.3, -0.25) is 11.3 Å². The van der Waals surface area contributed by atoms with Gasteiger partial charge in [0, 0.05) is 18.0 Å². The summed E-state index contributed by atoms with van der Waals surface area (Å²) in [6.07, 6.45) is 6.01. The van der Waals surface area contributed by atoms with Gasteiger partial charge in [0.15, 0.2) is 11.6 Å². The number of hydrogen-bond donors (Lipinski definition) is 2. The van der Waals surface area contributed by atoms with E-state index in [-0.39, 0.29) is 5.56 Å². The molecule has 0 radical (unpaired) electrons. The Kier molecular flexibility index (Phi) is 4.22. The summed E-state index contributed by atoms with van der Waals surface area (Å²) >= 11 is 0. The normalized spacial score (nSPS) is 12.1. The van der Waals surface area contributed by atoms with Crippen LogP contribution in [0.15, 0.2) is 18.2 Å². The third kappa shape index (κ3) is 2.75. The van der Waals surface area contributed by atoms with Crippen LogP contribution in [-0.2, 0) is 0 Å². The van der Waals surface area contributed by atoms with E-state index in [1.807, 2.05) is 0 Å². The number of nitrogens with two attached hydrogens (primary N) is 1. The molecule has 0 aliphatic carbocycles. The van der Waals surface area contributed by atoms with Crippen molar-refractivity contribution >= 4 is 0 Å². The van der Waals surface area contributed by atoms with Gasteiger partial charge in [-0.15, -0.1) is 12.3 Å². The average molecular weight is 210 g/mol. The van der Waals surface area contributed by atoms with Crippen molar-refractivity contribution in [2.45, 2.75) is 18.9 Å². The van der Waals surface area contributed by atoms with Gasteiger partial charge in [0.05, 0.1) is 0 Å². The zero-order chi connectivity index (χ0) is 11.3. The Hall–Kier alpha value is -1.44. The molecule has 1 aromatic rings. The largest absolute Gasteiger partial charge is 0.271 e. The molecule has 2 nitrogen and oxygen atoms in total. The fourth-order valence-electron chi connectivity index (χ4n) is 1.35. The molecule has 1 rings (SSSR count). The topological polar surface area (TPSA) is 38.0 Å². The van der Waals surface area contributed by atoms with Crippen molar-refractivity contribution < 1.29 is 8.78 Å². The van der Waals surface area contributed by atoms with Crippen LogP contribution >= 0.6 is 0 Å². The summed E-state index contributed by atoms with van der Waals surface area (Å²) in [6, 6.07) is 3.53. The maximum Gasteiger partial charge on any atom is 0.163 e. The average Bonchev–Trinajstić information content (AvgIpc) is 2.25. The quantitative estimate of drug-likeness (QED) is 0.452. The first kappa shape index (κ1) is 11.6. The molecule has 4 heteroatoms. The Morgan fingerprint density at radius 1 is 1.47 bits per heavy atom. The first-order chi connectivity index (χ1) is 7.20. The van der Waals surface area contributed by atoms with Crippen molar-refractivity contribution in [1.29, 1.82) is 0 Å². The lowest BCUT2D eigenvalue weighted by molar-refractivity contribution is 0.455. The number of benzene rings is 1. The molecule has 0 bridgehead atoms. The van der Waals surface area contributed by atoms with E-state index in [1.54, 1.807) is 0 Å². The van der Waals surface area contributed by atoms with E-state index in [0.29, 0.717) is 12.8 Å². The molecule has 0 spiro atoms. The molecule has 3 N–H and O–H groups in total. The van der Waals surface area contributed by atoms with Crippen molar-refractivity contribution in [3.8, 4) is 12.3 Å². The maximum atomic E-state index is 13.3. The molecule has 1 atom stereocenters. The number of terminal acetylenes is 1. The third-order valence-electron chi connectivity index (χ3n) is 2.14. The summed E-state index contributed by atoms with van der Waals surface area (Å²) in [6.45, 7) is 0. The highest BCUT2D eigenvalue weighted by molar-refractivity contribution is 5.22. The van der Waals surface area contributed by atoms with E-state index in [2.05, 4.69) is 11.3 Å². The van der Waals surface area contributed by atoms with Crippen LogP contribution in [0.2, 0.25) is 0 Å². The highest BCUT2D eigenvalue weighted by Gasteiger charge is 2.16. The predicted octanol–water partition coefficient (Wildman–Crippen LogP) is 1.88. The van der Waals surface area contributed by atoms with Gasteiger partial charge in [0.1, 0.15) is 0 Å². The van der Waals surface area contributed by atoms with Gasteiger partial charge in [0.2, 0.25) is 0 Å². The van der Waals surface area contributed by atoms with E-state index >= 15 is 0 Å². The summed E-state index contributed by atoms with van der Waals surface area (Å²) in [4.78, 5) is 0. The number of rotatable bonds is 4. The van der Waals surface area contributed by atoms with Crippen LogP contribution in [0.1, 0.15) is 24.4 Å². The second-order valence-electron chi connectivity index (χ2n) is 3.11. The van der Waals surface area contributed by atoms with Crippen LogP contribution in [-0.4, -0.2) is 0 Å². The molecule has 80 valence electrons. The lowest BCUT2D eigenvalue weighted by Crippen LogP contribution is -2.28. The van der Waals surface area contributed by atoms with Crippen molar-refractivity contribution in [2.75, 3.05) is 0 Å².